The van der Waals surface area contributed by atoms with Crippen LogP contribution in [-0.2, 0) is 9.53 Å². The molecule has 0 unspecified atom stereocenters. The average Bonchev–Trinajstić information content (AvgIpc) is 2.43. The molecule has 3 nitrogen and oxygen atoms in total. The van der Waals surface area contributed by atoms with E-state index in [0.717, 1.165) is 0 Å². The first kappa shape index (κ1) is 8.62. The molecule has 2 fully saturated rings. The average molecular weight is 194 g/mol. The van der Waals surface area contributed by atoms with Gasteiger partial charge in [0, 0.05) is 17.8 Å². The molecule has 1 aliphatic heterocycles. The monoisotopic (exact) mass is 194 g/mol. The van der Waals surface area contributed by atoms with Gasteiger partial charge in [-0.25, -0.2) is 0 Å². The van der Waals surface area contributed by atoms with Crippen LogP contribution in [0.4, 0.5) is 0 Å². The van der Waals surface area contributed by atoms with E-state index in [2.05, 4.69) is 13.8 Å². The molecule has 4 bridgehead atoms. The molecule has 0 aromatic carbocycles. The predicted octanol–water partition coefficient (Wildman–Crippen LogP) is 0.732. The summed E-state index contributed by atoms with van der Waals surface area (Å²) in [5.41, 5.74) is -0.0702. The zero-order valence-corrected chi connectivity index (χ0v) is 8.36. The third kappa shape index (κ3) is 0.675. The van der Waals surface area contributed by atoms with Crippen molar-refractivity contribution in [2.45, 2.75) is 19.6 Å². The zero-order valence-electron chi connectivity index (χ0n) is 8.36. The fraction of sp³-hybridized carbons (Fsp3) is 0.727. The first-order valence-corrected chi connectivity index (χ1v) is 5.07. The number of hydrogen-bond donors (Lipinski definition) is 1. The fourth-order valence-corrected chi connectivity index (χ4v) is 3.22. The zero-order chi connectivity index (χ0) is 10.1. The van der Waals surface area contributed by atoms with Gasteiger partial charge < -0.3 is 9.84 Å². The van der Waals surface area contributed by atoms with E-state index in [1.807, 2.05) is 12.2 Å². The third-order valence-corrected chi connectivity index (χ3v) is 4.27. The fourth-order valence-electron chi connectivity index (χ4n) is 3.22. The summed E-state index contributed by atoms with van der Waals surface area (Å²) >= 11 is 0. The molecular weight excluding hydrogens is 180 g/mol. The lowest BCUT2D eigenvalue weighted by Gasteiger charge is -2.49. The van der Waals surface area contributed by atoms with E-state index in [-0.39, 0.29) is 29.0 Å². The SMILES string of the molecule is CC1(C)[C@@H]2C=C[C@@H]3[C@H]1CO[C@]3(O)C2=O. The number of rotatable bonds is 0. The Bertz CT molecular complexity index is 344. The molecule has 4 atom stereocenters. The van der Waals surface area contributed by atoms with Gasteiger partial charge in [0.05, 0.1) is 6.61 Å². The Hall–Kier alpha value is -0.670. The number of hydrogen-bond acceptors (Lipinski definition) is 3. The highest BCUT2D eigenvalue weighted by molar-refractivity contribution is 5.93. The number of carbonyl (C=O) groups excluding carboxylic acids is 1. The first-order chi connectivity index (χ1) is 6.48. The minimum atomic E-state index is -1.50. The number of ether oxygens (including phenoxy) is 1. The molecule has 1 N–H and O–H groups in total. The van der Waals surface area contributed by atoms with E-state index < -0.39 is 5.79 Å². The molecule has 0 radical (unpaired) electrons. The molecule has 3 heteroatoms. The van der Waals surface area contributed by atoms with Gasteiger partial charge in [0.15, 0.2) is 5.78 Å². The van der Waals surface area contributed by atoms with Crippen molar-refractivity contribution in [1.82, 2.24) is 0 Å². The summed E-state index contributed by atoms with van der Waals surface area (Å²) in [4.78, 5) is 12.0. The number of aliphatic hydroxyl groups is 1. The van der Waals surface area contributed by atoms with E-state index in [0.29, 0.717) is 6.61 Å². The highest BCUT2D eigenvalue weighted by Crippen LogP contribution is 2.58. The van der Waals surface area contributed by atoms with Crippen molar-refractivity contribution in [3.05, 3.63) is 12.2 Å². The van der Waals surface area contributed by atoms with Gasteiger partial charge >= 0.3 is 0 Å². The van der Waals surface area contributed by atoms with Crippen molar-refractivity contribution in [3.8, 4) is 0 Å². The maximum atomic E-state index is 12.0. The number of ketones is 1. The Labute approximate surface area is 82.8 Å². The predicted molar refractivity (Wildman–Crippen MR) is 49.3 cm³/mol. The molecule has 4 rings (SSSR count). The molecule has 3 aliphatic carbocycles. The summed E-state index contributed by atoms with van der Waals surface area (Å²) in [6.45, 7) is 4.68. The molecule has 0 aromatic rings. The number of allylic oxidation sites excluding steroid dienone is 1. The van der Waals surface area contributed by atoms with Crippen molar-refractivity contribution < 1.29 is 14.6 Å². The van der Waals surface area contributed by atoms with Gasteiger partial charge in [-0.3, -0.25) is 4.79 Å². The second-order valence-electron chi connectivity index (χ2n) is 5.19. The van der Waals surface area contributed by atoms with E-state index in [9.17, 15) is 9.90 Å². The maximum Gasteiger partial charge on any atom is 0.233 e. The van der Waals surface area contributed by atoms with Gasteiger partial charge in [-0.15, -0.1) is 0 Å². The molecular formula is C11H14O3. The Kier molecular flexibility index (Phi) is 1.31. The van der Waals surface area contributed by atoms with Crippen LogP contribution in [0, 0.1) is 23.2 Å². The van der Waals surface area contributed by atoms with Gasteiger partial charge in [0.1, 0.15) is 0 Å². The lowest BCUT2D eigenvalue weighted by atomic mass is 9.54. The van der Waals surface area contributed by atoms with Crippen LogP contribution in [-0.4, -0.2) is 23.3 Å². The maximum absolute atomic E-state index is 12.0. The molecule has 0 aromatic heterocycles. The van der Waals surface area contributed by atoms with Gasteiger partial charge in [-0.2, -0.15) is 0 Å². The van der Waals surface area contributed by atoms with Crippen LogP contribution in [0.2, 0.25) is 0 Å². The van der Waals surface area contributed by atoms with Crippen molar-refractivity contribution in [1.29, 1.82) is 0 Å². The lowest BCUT2D eigenvalue weighted by Crippen LogP contribution is -2.59. The van der Waals surface area contributed by atoms with Crippen molar-refractivity contribution >= 4 is 5.78 Å². The molecule has 14 heavy (non-hydrogen) atoms. The molecule has 1 saturated carbocycles. The summed E-state index contributed by atoms with van der Waals surface area (Å²) < 4.78 is 5.30. The number of carbonyl (C=O) groups is 1. The van der Waals surface area contributed by atoms with Crippen LogP contribution in [0.15, 0.2) is 12.2 Å². The minimum absolute atomic E-state index is 0.0702. The van der Waals surface area contributed by atoms with Crippen LogP contribution >= 0.6 is 0 Å². The highest BCUT2D eigenvalue weighted by Gasteiger charge is 2.67. The topological polar surface area (TPSA) is 46.5 Å². The Morgan fingerprint density at radius 2 is 2.21 bits per heavy atom. The summed E-state index contributed by atoms with van der Waals surface area (Å²) in [7, 11) is 0. The Morgan fingerprint density at radius 3 is 2.93 bits per heavy atom. The molecule has 4 aliphatic rings. The van der Waals surface area contributed by atoms with Crippen LogP contribution in [0.1, 0.15) is 13.8 Å². The first-order valence-electron chi connectivity index (χ1n) is 5.07. The molecule has 0 spiro atoms. The van der Waals surface area contributed by atoms with Crippen molar-refractivity contribution in [2.24, 2.45) is 23.2 Å². The standard InChI is InChI=1S/C11H14O3/c1-10(2)7-4-3-6-8(10)5-14-11(6,13)9(7)12/h3-4,6-8,13H,5H2,1-2H3/t6-,7-,8-,11+/m1/s1. The molecule has 76 valence electrons. The largest absolute Gasteiger partial charge is 0.359 e. The lowest BCUT2D eigenvalue weighted by molar-refractivity contribution is -0.207. The van der Waals surface area contributed by atoms with E-state index in [1.54, 1.807) is 0 Å². The molecule has 0 amide bonds. The second-order valence-corrected chi connectivity index (χ2v) is 5.19. The van der Waals surface area contributed by atoms with Gasteiger partial charge in [-0.05, 0) is 5.41 Å². The normalized spacial score (nSPS) is 52.8. The van der Waals surface area contributed by atoms with Crippen LogP contribution < -0.4 is 0 Å². The molecule has 1 saturated heterocycles. The minimum Gasteiger partial charge on any atom is -0.359 e. The summed E-state index contributed by atoms with van der Waals surface area (Å²) in [5, 5.41) is 10.1. The smallest absolute Gasteiger partial charge is 0.233 e. The van der Waals surface area contributed by atoms with Crippen LogP contribution in [0.3, 0.4) is 0 Å². The second kappa shape index (κ2) is 2.12. The third-order valence-electron chi connectivity index (χ3n) is 4.27. The van der Waals surface area contributed by atoms with Gasteiger partial charge in [0.25, 0.3) is 0 Å². The van der Waals surface area contributed by atoms with Gasteiger partial charge in [-0.1, -0.05) is 26.0 Å². The van der Waals surface area contributed by atoms with E-state index in [4.69, 9.17) is 4.74 Å². The van der Waals surface area contributed by atoms with Gasteiger partial charge in [0.2, 0.25) is 5.79 Å². The Balaban J connectivity index is 2.21. The number of Topliss-reactive ketones (excluding diaryl/α,β-unsaturated/α-hetero) is 1. The Morgan fingerprint density at radius 1 is 1.50 bits per heavy atom. The summed E-state index contributed by atoms with van der Waals surface area (Å²) in [5.74, 6) is -1.68. The highest BCUT2D eigenvalue weighted by atomic mass is 16.6. The quantitative estimate of drug-likeness (QED) is 0.578. The van der Waals surface area contributed by atoms with Crippen LogP contribution in [0.5, 0.6) is 0 Å². The summed E-state index contributed by atoms with van der Waals surface area (Å²) in [6.07, 6.45) is 3.89. The van der Waals surface area contributed by atoms with Crippen molar-refractivity contribution in [3.63, 3.8) is 0 Å². The van der Waals surface area contributed by atoms with E-state index >= 15 is 0 Å². The summed E-state index contributed by atoms with van der Waals surface area (Å²) in [6, 6.07) is 0. The van der Waals surface area contributed by atoms with Crippen molar-refractivity contribution in [2.75, 3.05) is 6.61 Å². The molecule has 1 heterocycles. The van der Waals surface area contributed by atoms with Crippen LogP contribution in [0.25, 0.3) is 0 Å². The van der Waals surface area contributed by atoms with E-state index in [1.165, 1.54) is 0 Å².